The van der Waals surface area contributed by atoms with Crippen LogP contribution in [0.5, 0.6) is 0 Å². The maximum absolute atomic E-state index is 13.8. The number of para-hydroxylation sites is 1. The summed E-state index contributed by atoms with van der Waals surface area (Å²) in [6, 6.07) is 33.7. The van der Waals surface area contributed by atoms with Crippen LogP contribution in [0.4, 0.5) is 8.78 Å². The van der Waals surface area contributed by atoms with Crippen molar-refractivity contribution in [2.45, 2.75) is 53.8 Å². The molecule has 0 spiro atoms. The molecule has 3 aromatic heterocycles. The van der Waals surface area contributed by atoms with Crippen molar-refractivity contribution in [3.05, 3.63) is 138 Å². The Morgan fingerprint density at radius 3 is 2.18 bits per heavy atom. The van der Waals surface area contributed by atoms with Gasteiger partial charge in [0.25, 0.3) is 0 Å². The summed E-state index contributed by atoms with van der Waals surface area (Å²) in [6.45, 7) is 15.9. The normalized spacial score (nSPS) is 11.6. The van der Waals surface area contributed by atoms with E-state index in [2.05, 4.69) is 93.8 Å². The Balaban J connectivity index is 0.000000229. The van der Waals surface area contributed by atoms with E-state index in [0.717, 1.165) is 45.8 Å². The molecule has 3 nitrogen and oxygen atoms in total. The van der Waals surface area contributed by atoms with Crippen molar-refractivity contribution in [3.63, 3.8) is 0 Å². The first-order valence-corrected chi connectivity index (χ1v) is 20.0. The summed E-state index contributed by atoms with van der Waals surface area (Å²) in [7, 11) is -1.27. The number of rotatable bonds is 5. The molecule has 0 saturated heterocycles. The van der Waals surface area contributed by atoms with Gasteiger partial charge in [0.1, 0.15) is 17.2 Å². The summed E-state index contributed by atoms with van der Waals surface area (Å²) in [6.07, 6.45) is 4.84. The molecule has 257 valence electrons. The number of hydrogen-bond donors (Lipinski definition) is 0. The zero-order valence-electron chi connectivity index (χ0n) is 29.4. The average Bonchev–Trinajstić information content (AvgIpc) is 3.42. The molecule has 1 radical (unpaired) electrons. The molecule has 4 aromatic carbocycles. The molecule has 0 aliphatic rings. The number of fused-ring (bicyclic) bond motifs is 3. The van der Waals surface area contributed by atoms with Crippen LogP contribution >= 0.6 is 0 Å². The van der Waals surface area contributed by atoms with Gasteiger partial charge in [0, 0.05) is 49.5 Å². The van der Waals surface area contributed by atoms with Crippen LogP contribution in [0, 0.1) is 36.1 Å². The molecule has 7 heteroatoms. The monoisotopic (exact) mass is 859 g/mol. The topological polar surface area (TPSA) is 38.9 Å². The van der Waals surface area contributed by atoms with E-state index in [-0.39, 0.29) is 25.5 Å². The van der Waals surface area contributed by atoms with E-state index in [9.17, 15) is 8.78 Å². The third-order valence-electron chi connectivity index (χ3n) is 8.34. The minimum atomic E-state index is -1.27. The SMILES string of the molecule is CC(C)(C)Cc1ccnc(-c2[c-]cc3oc4c(-c5cc(F)cc(F)c5)cccc4c3c2)c1.Cc1cc(-c2[c-]cccc2)ncc1[Si](C)(C)C.[Ir]. The van der Waals surface area contributed by atoms with Crippen LogP contribution in [0.1, 0.15) is 31.9 Å². The summed E-state index contributed by atoms with van der Waals surface area (Å²) >= 11 is 0. The molecule has 0 fully saturated rings. The summed E-state index contributed by atoms with van der Waals surface area (Å²) in [4.78, 5) is 9.13. The summed E-state index contributed by atoms with van der Waals surface area (Å²) < 4.78 is 33.7. The molecule has 7 rings (SSSR count). The van der Waals surface area contributed by atoms with Crippen LogP contribution in [-0.2, 0) is 26.5 Å². The van der Waals surface area contributed by atoms with E-state index >= 15 is 0 Å². The molecule has 0 N–H and O–H groups in total. The smallest absolute Gasteiger partial charge is 0.128 e. The number of hydrogen-bond acceptors (Lipinski definition) is 3. The van der Waals surface area contributed by atoms with Gasteiger partial charge in [-0.3, -0.25) is 0 Å². The summed E-state index contributed by atoms with van der Waals surface area (Å²) in [5.74, 6) is -1.24. The fourth-order valence-electron chi connectivity index (χ4n) is 6.21. The molecule has 3 heterocycles. The second-order valence-corrected chi connectivity index (χ2v) is 19.8. The number of aromatic nitrogens is 2. The third kappa shape index (κ3) is 8.52. The molecule has 0 amide bonds. The standard InChI is InChI=1S/C28H22F2NO.C15H18NSi.Ir/c1-28(2,3)16-17-9-10-31-25(11-17)18-7-8-26-24(14-18)23-6-4-5-22(27(23)32-26)19-12-20(29)15-21(30)13-19;1-12-10-14(13-8-6-5-7-9-13)16-11-15(12)17(2,3)4;/h4-6,8-15H,16H2,1-3H3;5-8,10-11H,1-4H3;/q2*-1;. The van der Waals surface area contributed by atoms with Crippen LogP contribution in [0.2, 0.25) is 19.6 Å². The Labute approximate surface area is 308 Å². The van der Waals surface area contributed by atoms with Crippen LogP contribution in [0.3, 0.4) is 0 Å². The van der Waals surface area contributed by atoms with Gasteiger partial charge in [-0.05, 0) is 59.1 Å². The van der Waals surface area contributed by atoms with Crippen molar-refractivity contribution < 1.29 is 33.3 Å². The molecular formula is C43H40F2IrN2OSi-2. The number of pyridine rings is 2. The van der Waals surface area contributed by atoms with E-state index in [4.69, 9.17) is 4.42 Å². The van der Waals surface area contributed by atoms with Crippen LogP contribution < -0.4 is 5.19 Å². The zero-order chi connectivity index (χ0) is 34.9. The molecule has 0 bridgehead atoms. The Kier molecular flexibility index (Phi) is 11.0. The van der Waals surface area contributed by atoms with Crippen molar-refractivity contribution in [2.75, 3.05) is 0 Å². The van der Waals surface area contributed by atoms with Crippen molar-refractivity contribution in [1.82, 2.24) is 9.97 Å². The number of halogens is 2. The van der Waals surface area contributed by atoms with E-state index in [1.807, 2.05) is 48.7 Å². The van der Waals surface area contributed by atoms with Gasteiger partial charge in [0.2, 0.25) is 0 Å². The summed E-state index contributed by atoms with van der Waals surface area (Å²) in [5.41, 5.74) is 8.91. The van der Waals surface area contributed by atoms with Crippen molar-refractivity contribution in [2.24, 2.45) is 5.41 Å². The van der Waals surface area contributed by atoms with Gasteiger partial charge in [-0.25, -0.2) is 8.78 Å². The Morgan fingerprint density at radius 1 is 0.780 bits per heavy atom. The number of furan rings is 1. The van der Waals surface area contributed by atoms with E-state index in [0.29, 0.717) is 22.3 Å². The maximum atomic E-state index is 13.8. The van der Waals surface area contributed by atoms with Gasteiger partial charge in [-0.1, -0.05) is 87.3 Å². The average molecular weight is 859 g/mol. The van der Waals surface area contributed by atoms with Crippen LogP contribution in [-0.4, -0.2) is 18.0 Å². The first-order chi connectivity index (χ1) is 23.2. The maximum Gasteiger partial charge on any atom is 0.128 e. The fraction of sp³-hybridized carbons (Fsp3) is 0.209. The van der Waals surface area contributed by atoms with Gasteiger partial charge in [0.05, 0.1) is 13.7 Å². The van der Waals surface area contributed by atoms with Crippen molar-refractivity contribution >= 4 is 35.2 Å². The van der Waals surface area contributed by atoms with Gasteiger partial charge < -0.3 is 14.4 Å². The zero-order valence-corrected chi connectivity index (χ0v) is 32.8. The minimum Gasteiger partial charge on any atom is -0.500 e. The first kappa shape index (κ1) is 37.0. The van der Waals surface area contributed by atoms with Crippen molar-refractivity contribution in [1.29, 1.82) is 0 Å². The molecule has 0 atom stereocenters. The van der Waals surface area contributed by atoms with Gasteiger partial charge in [0.15, 0.2) is 0 Å². The first-order valence-electron chi connectivity index (χ1n) is 16.5. The predicted octanol–water partition coefficient (Wildman–Crippen LogP) is 11.4. The number of benzene rings is 4. The number of aryl methyl sites for hydroxylation is 1. The molecule has 0 saturated carbocycles. The van der Waals surface area contributed by atoms with Gasteiger partial charge in [-0.15, -0.1) is 59.7 Å². The van der Waals surface area contributed by atoms with E-state index in [1.165, 1.54) is 28.4 Å². The van der Waals surface area contributed by atoms with Crippen LogP contribution in [0.25, 0.3) is 55.6 Å². The number of nitrogens with zero attached hydrogens (tertiary/aromatic N) is 2. The van der Waals surface area contributed by atoms with Crippen molar-refractivity contribution in [3.8, 4) is 33.6 Å². The van der Waals surface area contributed by atoms with E-state index < -0.39 is 19.7 Å². The molecule has 7 aromatic rings. The second-order valence-electron chi connectivity index (χ2n) is 14.8. The van der Waals surface area contributed by atoms with Gasteiger partial charge >= 0.3 is 0 Å². The fourth-order valence-corrected chi connectivity index (χ4v) is 7.92. The predicted molar refractivity (Wildman–Crippen MR) is 201 cm³/mol. The molecular weight excluding hydrogens is 819 g/mol. The Hall–Kier alpha value is -4.29. The molecule has 0 unspecified atom stereocenters. The molecule has 50 heavy (non-hydrogen) atoms. The third-order valence-corrected chi connectivity index (χ3v) is 10.5. The molecule has 0 aliphatic heterocycles. The minimum absolute atomic E-state index is 0. The molecule has 0 aliphatic carbocycles. The second kappa shape index (κ2) is 14.9. The quantitative estimate of drug-likeness (QED) is 0.128. The Bertz CT molecular complexity index is 2250. The van der Waals surface area contributed by atoms with Gasteiger partial charge in [-0.2, -0.15) is 0 Å². The summed E-state index contributed by atoms with van der Waals surface area (Å²) in [5, 5.41) is 3.23. The Morgan fingerprint density at radius 2 is 1.52 bits per heavy atom. The van der Waals surface area contributed by atoms with Crippen LogP contribution in [0.15, 0.2) is 108 Å². The van der Waals surface area contributed by atoms with E-state index in [1.54, 1.807) is 12.1 Å². The largest absolute Gasteiger partial charge is 0.500 e.